The van der Waals surface area contributed by atoms with Crippen LogP contribution in [0.3, 0.4) is 0 Å². The predicted molar refractivity (Wildman–Crippen MR) is 220 cm³/mol. The Hall–Kier alpha value is -2.62. The summed E-state index contributed by atoms with van der Waals surface area (Å²) in [5.41, 5.74) is 0. The Morgan fingerprint density at radius 1 is 0.283 bits per heavy atom. The number of quaternary nitrogens is 2. The summed E-state index contributed by atoms with van der Waals surface area (Å²) >= 11 is 0. The number of unbranched alkanes of at least 4 members (excludes halogenated alkanes) is 26. The third-order valence-corrected chi connectivity index (χ3v) is 13.3. The van der Waals surface area contributed by atoms with Crippen molar-refractivity contribution in [1.29, 1.82) is 31.6 Å². The van der Waals surface area contributed by atoms with Crippen LogP contribution >= 0.6 is 0 Å². The van der Waals surface area contributed by atoms with Gasteiger partial charge in [0, 0.05) is 0 Å². The van der Waals surface area contributed by atoms with Gasteiger partial charge in [0.05, 0.1) is 55.4 Å². The molecule has 0 fully saturated rings. The van der Waals surface area contributed by atoms with E-state index in [0.29, 0.717) is 0 Å². The van der Waals surface area contributed by atoms with E-state index in [1.165, 1.54) is 193 Å². The van der Waals surface area contributed by atoms with Crippen LogP contribution in [0.5, 0.6) is 0 Å². The molecule has 0 aromatic rings. The number of rotatable bonds is 30. The van der Waals surface area contributed by atoms with Gasteiger partial charge in [-0.1, -0.05) is 168 Å². The fraction of sp³-hybridized carbons (Fsp3) is 0.864. The van der Waals surface area contributed by atoms with Crippen molar-refractivity contribution in [2.45, 2.75) is 194 Å². The summed E-state index contributed by atoms with van der Waals surface area (Å²) in [6, 6.07) is 0. The van der Waals surface area contributed by atoms with Crippen LogP contribution in [0.2, 0.25) is 0 Å². The summed E-state index contributed by atoms with van der Waals surface area (Å²) in [4.78, 5) is 6.19. The molecule has 0 aromatic heterocycles. The minimum absolute atomic E-state index is 1.03. The van der Waals surface area contributed by atoms with Crippen molar-refractivity contribution >= 4 is 0 Å². The molecule has 0 aromatic carbocycles. The summed E-state index contributed by atoms with van der Waals surface area (Å²) in [7, 11) is 7.60. The topological polar surface area (TPSA) is 143 Å². The SMILES string of the molecule is CCCCCCCCCCCCCCCC[N+](C)(C)C.CCCCCCCCCCCCCCCC[N+](C)(C)C.N#[C][Fe-2]([C]#N)([C]#N)([C]#N)([C]#N)[C]#N. The third-order valence-electron chi connectivity index (χ3n) is 9.55. The van der Waals surface area contributed by atoms with E-state index < -0.39 is 10.7 Å². The summed E-state index contributed by atoms with van der Waals surface area (Å²) in [6.45, 7) is 7.25. The van der Waals surface area contributed by atoms with Crippen molar-refractivity contribution in [1.82, 2.24) is 0 Å². The van der Waals surface area contributed by atoms with Gasteiger partial charge in [0.25, 0.3) is 0 Å². The summed E-state index contributed by atoms with van der Waals surface area (Å²) in [5, 5.41) is 51.5. The first kappa shape index (κ1) is 54.7. The van der Waals surface area contributed by atoms with Gasteiger partial charge in [-0.3, -0.25) is 0 Å². The van der Waals surface area contributed by atoms with Crippen molar-refractivity contribution < 1.29 is 19.7 Å². The fourth-order valence-corrected chi connectivity index (χ4v) is 6.65. The fourth-order valence-electron chi connectivity index (χ4n) is 5.83. The van der Waals surface area contributed by atoms with Gasteiger partial charge in [0.1, 0.15) is 0 Å². The van der Waals surface area contributed by atoms with Crippen molar-refractivity contribution in [3.05, 3.63) is 0 Å². The Labute approximate surface area is 328 Å². The van der Waals surface area contributed by atoms with Gasteiger partial charge >= 0.3 is 72.1 Å². The minimum atomic E-state index is -6.17. The molecular weight excluding hydrogens is 696 g/mol. The molecule has 0 aliphatic heterocycles. The Bertz CT molecular complexity index is 986. The molecule has 0 rings (SSSR count). The van der Waals surface area contributed by atoms with Gasteiger partial charge in [0.2, 0.25) is 0 Å². The molecule has 0 amide bonds. The van der Waals surface area contributed by atoms with Crippen molar-refractivity contribution in [3.63, 3.8) is 0 Å². The Balaban J connectivity index is -0.000000726. The second-order valence-corrected chi connectivity index (χ2v) is 22.6. The predicted octanol–water partition coefficient (Wildman–Crippen LogP) is 12.4. The van der Waals surface area contributed by atoms with Crippen molar-refractivity contribution in [2.24, 2.45) is 0 Å². The quantitative estimate of drug-likeness (QED) is 0.0403. The average Bonchev–Trinajstić information content (AvgIpc) is 3.14. The molecule has 0 radical (unpaired) electrons. The van der Waals surface area contributed by atoms with Crippen LogP contribution in [0, 0.1) is 61.4 Å². The van der Waals surface area contributed by atoms with Crippen LogP contribution in [0.4, 0.5) is 0 Å². The van der Waals surface area contributed by atoms with Crippen molar-refractivity contribution in [2.75, 3.05) is 55.4 Å². The maximum absolute atomic E-state index is 8.58. The van der Waals surface area contributed by atoms with E-state index in [0.717, 1.165) is 38.8 Å². The second kappa shape index (κ2) is 31.7. The molecule has 53 heavy (non-hydrogen) atoms. The second-order valence-electron chi connectivity index (χ2n) is 17.0. The van der Waals surface area contributed by atoms with E-state index >= 15 is 0 Å². The van der Waals surface area contributed by atoms with Gasteiger partial charge in [0.15, 0.2) is 0 Å². The number of nitrogens with zero attached hydrogens (tertiary/aromatic N) is 8. The van der Waals surface area contributed by atoms with E-state index in [-0.39, 0.29) is 0 Å². The molecule has 0 bridgehead atoms. The number of hydrogen-bond donors (Lipinski definition) is 0. The standard InChI is InChI=1S/2C19H42N.6CN.Fe/c2*1-5-6-7-8-9-10-11-12-13-14-15-16-17-18-19-20(2,3)4;6*1-2;/h2*5-19H2,1-4H3;;;;;;;/q2*+1;;;;;;;-2. The number of nitriles is 6. The van der Waals surface area contributed by atoms with Crippen LogP contribution in [-0.2, 0) is 10.7 Å². The zero-order valence-electron chi connectivity index (χ0n) is 36.1. The molecule has 0 saturated carbocycles. The molecule has 0 saturated heterocycles. The Morgan fingerprint density at radius 3 is 0.547 bits per heavy atom. The molecule has 0 heterocycles. The molecule has 0 aliphatic rings. The molecule has 0 unspecified atom stereocenters. The first-order valence-corrected chi connectivity index (χ1v) is 24.4. The van der Waals surface area contributed by atoms with Gasteiger partial charge in [-0.2, -0.15) is 0 Å². The molecule has 9 heteroatoms. The van der Waals surface area contributed by atoms with Gasteiger partial charge in [-0.15, -0.1) is 0 Å². The first-order chi connectivity index (χ1) is 25.1. The third kappa shape index (κ3) is 29.4. The summed E-state index contributed by atoms with van der Waals surface area (Å²) in [5.74, 6) is 0. The molecule has 0 aliphatic carbocycles. The zero-order chi connectivity index (χ0) is 40.9. The molecular formula is C44H84FeN8. The van der Waals surface area contributed by atoms with Gasteiger partial charge in [-0.05, 0) is 25.7 Å². The van der Waals surface area contributed by atoms with E-state index in [2.05, 4.69) is 56.1 Å². The summed E-state index contributed by atoms with van der Waals surface area (Å²) in [6.07, 6.45) is 40.7. The first-order valence-electron chi connectivity index (χ1n) is 21.1. The summed E-state index contributed by atoms with van der Waals surface area (Å²) < 4.78 is 2.25. The van der Waals surface area contributed by atoms with Crippen LogP contribution in [-0.4, -0.2) is 64.3 Å². The van der Waals surface area contributed by atoms with Crippen LogP contribution in [0.25, 0.3) is 0 Å². The molecule has 8 nitrogen and oxygen atoms in total. The average molecular weight is 781 g/mol. The monoisotopic (exact) mass is 781 g/mol. The normalized spacial score (nSPS) is 12.3. The van der Waals surface area contributed by atoms with Gasteiger partial charge < -0.3 is 8.97 Å². The van der Waals surface area contributed by atoms with Crippen LogP contribution in [0.15, 0.2) is 0 Å². The Morgan fingerprint density at radius 2 is 0.434 bits per heavy atom. The van der Waals surface area contributed by atoms with Gasteiger partial charge in [-0.25, -0.2) is 0 Å². The van der Waals surface area contributed by atoms with E-state index in [1.54, 1.807) is 0 Å². The molecule has 308 valence electrons. The van der Waals surface area contributed by atoms with Crippen molar-refractivity contribution in [3.8, 4) is 29.8 Å². The van der Waals surface area contributed by atoms with E-state index in [4.69, 9.17) is 31.6 Å². The van der Waals surface area contributed by atoms with E-state index in [9.17, 15) is 0 Å². The maximum atomic E-state index is 8.58. The van der Waals surface area contributed by atoms with Crippen LogP contribution in [0.1, 0.15) is 194 Å². The molecule has 0 N–H and O–H groups in total. The van der Waals surface area contributed by atoms with E-state index in [1.807, 2.05) is 0 Å². The zero-order valence-corrected chi connectivity index (χ0v) is 37.2. The molecule has 0 spiro atoms. The van der Waals surface area contributed by atoms with Crippen LogP contribution < -0.4 is 0 Å². The Kier molecular flexibility index (Phi) is 32.7. The number of hydrogen-bond acceptors (Lipinski definition) is 6. The molecule has 0 atom stereocenters.